The van der Waals surface area contributed by atoms with E-state index in [9.17, 15) is 18.0 Å². The van der Waals surface area contributed by atoms with Crippen LogP contribution in [0.1, 0.15) is 57.0 Å². The molecule has 1 amide bonds. The third-order valence-electron chi connectivity index (χ3n) is 6.45. The van der Waals surface area contributed by atoms with Crippen LogP contribution in [0.25, 0.3) is 0 Å². The van der Waals surface area contributed by atoms with Crippen molar-refractivity contribution in [2.75, 3.05) is 12.0 Å². The fraction of sp³-hybridized carbons (Fsp3) is 0.308. The molecule has 5 nitrogen and oxygen atoms in total. The van der Waals surface area contributed by atoms with Crippen LogP contribution in [0.2, 0.25) is 0 Å². The minimum Gasteiger partial charge on any atom is -0.455 e. The van der Waals surface area contributed by atoms with Gasteiger partial charge in [-0.25, -0.2) is 0 Å². The van der Waals surface area contributed by atoms with Crippen LogP contribution in [0.5, 0.6) is 0 Å². The van der Waals surface area contributed by atoms with E-state index in [1.807, 2.05) is 25.1 Å². The second-order valence-electron chi connectivity index (χ2n) is 8.70. The van der Waals surface area contributed by atoms with Gasteiger partial charge in [0.25, 0.3) is 5.91 Å². The lowest BCUT2D eigenvalue weighted by atomic mass is 9.93. The molecule has 1 aliphatic heterocycles. The van der Waals surface area contributed by atoms with Gasteiger partial charge in [0, 0.05) is 30.6 Å². The summed E-state index contributed by atoms with van der Waals surface area (Å²) in [6.07, 6.45) is -1.50. The number of carbonyl (C=O) groups is 1. The van der Waals surface area contributed by atoms with E-state index in [0.29, 0.717) is 43.2 Å². The van der Waals surface area contributed by atoms with Crippen molar-refractivity contribution in [3.05, 3.63) is 87.9 Å². The molecule has 8 heteroatoms. The van der Waals surface area contributed by atoms with Gasteiger partial charge in [-0.2, -0.15) is 18.3 Å². The van der Waals surface area contributed by atoms with Crippen molar-refractivity contribution in [2.45, 2.75) is 45.3 Å². The quantitative estimate of drug-likeness (QED) is 0.484. The molecule has 0 fully saturated rings. The highest BCUT2D eigenvalue weighted by Gasteiger charge is 2.32. The first-order valence-electron chi connectivity index (χ1n) is 11.3. The predicted molar refractivity (Wildman–Crippen MR) is 123 cm³/mol. The van der Waals surface area contributed by atoms with Gasteiger partial charge < -0.3 is 9.32 Å². The molecule has 2 aromatic carbocycles. The Hall–Kier alpha value is -3.55. The lowest BCUT2D eigenvalue weighted by Crippen LogP contribution is -2.36. The Morgan fingerprint density at radius 1 is 1.06 bits per heavy atom. The highest BCUT2D eigenvalue weighted by atomic mass is 19.4. The van der Waals surface area contributed by atoms with Crippen LogP contribution in [0.4, 0.5) is 18.9 Å². The summed E-state index contributed by atoms with van der Waals surface area (Å²) in [7, 11) is 0. The molecule has 0 spiro atoms. The molecule has 0 radical (unpaired) electrons. The summed E-state index contributed by atoms with van der Waals surface area (Å²) in [5.41, 5.74) is 6.86. The number of furan rings is 1. The fourth-order valence-corrected chi connectivity index (χ4v) is 4.69. The number of rotatable bonds is 3. The van der Waals surface area contributed by atoms with Crippen LogP contribution in [0.15, 0.2) is 58.0 Å². The maximum Gasteiger partial charge on any atom is 0.416 e. The maximum atomic E-state index is 13.3. The number of carbonyl (C=O) groups excluding carboxylic acids is 1. The molecule has 1 aliphatic carbocycles. The third kappa shape index (κ3) is 4.20. The van der Waals surface area contributed by atoms with Gasteiger partial charge in [0.05, 0.1) is 17.0 Å². The Balaban J connectivity index is 1.40. The molecule has 1 aromatic heterocycles. The molecule has 34 heavy (non-hydrogen) atoms. The second kappa shape index (κ2) is 8.66. The van der Waals surface area contributed by atoms with Crippen molar-refractivity contribution in [1.82, 2.24) is 4.90 Å². The summed E-state index contributed by atoms with van der Waals surface area (Å²) in [6, 6.07) is 13.0. The van der Waals surface area contributed by atoms with Crippen molar-refractivity contribution in [3.8, 4) is 0 Å². The molecule has 0 saturated heterocycles. The fourth-order valence-electron chi connectivity index (χ4n) is 4.69. The second-order valence-corrected chi connectivity index (χ2v) is 8.70. The Bertz CT molecular complexity index is 1280. The van der Waals surface area contributed by atoms with E-state index in [0.717, 1.165) is 41.7 Å². The number of nitrogens with zero attached hydrogens (tertiary/aromatic N) is 2. The third-order valence-corrected chi connectivity index (χ3v) is 6.45. The number of anilines is 1. The SMILES string of the molecule is Cc1c(C(=O)N2CCc3ccccc3C2)oc2c1/C(=N/Nc1cccc(C(F)(F)F)c1)CCC2. The molecule has 0 unspecified atom stereocenters. The van der Waals surface area contributed by atoms with Crippen molar-refractivity contribution in [1.29, 1.82) is 0 Å². The average Bonchev–Trinajstić information content (AvgIpc) is 3.18. The highest BCUT2D eigenvalue weighted by Crippen LogP contribution is 2.33. The molecule has 176 valence electrons. The van der Waals surface area contributed by atoms with Crippen LogP contribution >= 0.6 is 0 Å². The first-order chi connectivity index (χ1) is 16.3. The normalized spacial score (nSPS) is 16.8. The Kier molecular flexibility index (Phi) is 5.67. The number of aryl methyl sites for hydroxylation is 1. The molecule has 0 saturated carbocycles. The molecular weight excluding hydrogens is 443 g/mol. The van der Waals surface area contributed by atoms with E-state index >= 15 is 0 Å². The van der Waals surface area contributed by atoms with Crippen LogP contribution in [-0.2, 0) is 25.6 Å². The number of amides is 1. The Labute approximate surface area is 195 Å². The van der Waals surface area contributed by atoms with Gasteiger partial charge in [0.1, 0.15) is 5.76 Å². The van der Waals surface area contributed by atoms with Crippen LogP contribution in [0.3, 0.4) is 0 Å². The molecule has 1 N–H and O–H groups in total. The zero-order valence-corrected chi connectivity index (χ0v) is 18.7. The molecule has 2 heterocycles. The van der Waals surface area contributed by atoms with Crippen molar-refractivity contribution >= 4 is 17.3 Å². The Morgan fingerprint density at radius 2 is 1.85 bits per heavy atom. The van der Waals surface area contributed by atoms with Crippen LogP contribution in [-0.4, -0.2) is 23.1 Å². The van der Waals surface area contributed by atoms with E-state index in [1.165, 1.54) is 17.7 Å². The van der Waals surface area contributed by atoms with Crippen LogP contribution < -0.4 is 5.43 Å². The zero-order chi connectivity index (χ0) is 23.9. The predicted octanol–water partition coefficient (Wildman–Crippen LogP) is 5.96. The number of hydrogen-bond donors (Lipinski definition) is 1. The van der Waals surface area contributed by atoms with E-state index in [2.05, 4.69) is 16.6 Å². The lowest BCUT2D eigenvalue weighted by molar-refractivity contribution is -0.137. The molecule has 0 atom stereocenters. The monoisotopic (exact) mass is 467 g/mol. The summed E-state index contributed by atoms with van der Waals surface area (Å²) in [5, 5.41) is 4.41. The number of hydrogen-bond acceptors (Lipinski definition) is 4. The van der Waals surface area contributed by atoms with Gasteiger partial charge in [0.2, 0.25) is 0 Å². The van der Waals surface area contributed by atoms with Gasteiger partial charge in [-0.05, 0) is 55.5 Å². The van der Waals surface area contributed by atoms with Crippen molar-refractivity contribution in [2.24, 2.45) is 5.10 Å². The first kappa shape index (κ1) is 22.3. The highest BCUT2D eigenvalue weighted by molar-refractivity contribution is 6.06. The molecule has 2 aliphatic rings. The van der Waals surface area contributed by atoms with Crippen LogP contribution in [0, 0.1) is 6.92 Å². The van der Waals surface area contributed by atoms with Gasteiger partial charge in [0.15, 0.2) is 5.76 Å². The van der Waals surface area contributed by atoms with E-state index in [4.69, 9.17) is 4.42 Å². The maximum absolute atomic E-state index is 13.3. The zero-order valence-electron chi connectivity index (χ0n) is 18.7. The van der Waals surface area contributed by atoms with Crippen molar-refractivity contribution < 1.29 is 22.4 Å². The summed E-state index contributed by atoms with van der Waals surface area (Å²) in [4.78, 5) is 15.1. The first-order valence-corrected chi connectivity index (χ1v) is 11.3. The standard InChI is InChI=1S/C26H24F3N3O2/c1-16-23-21(31-30-20-9-4-8-19(14-20)26(27,28)29)10-5-11-22(23)34-24(16)25(33)32-13-12-17-6-2-3-7-18(17)15-32/h2-4,6-9,14,30H,5,10-13,15H2,1H3/b31-21+. The number of alkyl halides is 3. The molecule has 5 rings (SSSR count). The number of hydrazone groups is 1. The summed E-state index contributed by atoms with van der Waals surface area (Å²) >= 11 is 0. The average molecular weight is 467 g/mol. The molecular formula is C26H24F3N3O2. The smallest absolute Gasteiger partial charge is 0.416 e. The lowest BCUT2D eigenvalue weighted by Gasteiger charge is -2.28. The van der Waals surface area contributed by atoms with Gasteiger partial charge in [-0.1, -0.05) is 30.3 Å². The van der Waals surface area contributed by atoms with Crippen molar-refractivity contribution in [3.63, 3.8) is 0 Å². The topological polar surface area (TPSA) is 57.8 Å². The minimum absolute atomic E-state index is 0.147. The molecule has 3 aromatic rings. The summed E-state index contributed by atoms with van der Waals surface area (Å²) in [5.74, 6) is 0.874. The van der Waals surface area contributed by atoms with E-state index < -0.39 is 11.7 Å². The number of fused-ring (bicyclic) bond motifs is 2. The van der Waals surface area contributed by atoms with Gasteiger partial charge in [-0.15, -0.1) is 0 Å². The Morgan fingerprint density at radius 3 is 2.65 bits per heavy atom. The largest absolute Gasteiger partial charge is 0.455 e. The molecule has 0 bridgehead atoms. The van der Waals surface area contributed by atoms with E-state index in [1.54, 1.807) is 4.90 Å². The van der Waals surface area contributed by atoms with Gasteiger partial charge >= 0.3 is 6.18 Å². The number of nitrogens with one attached hydrogen (secondary N) is 1. The summed E-state index contributed by atoms with van der Waals surface area (Å²) in [6.45, 7) is 3.01. The number of benzene rings is 2. The number of halogens is 3. The minimum atomic E-state index is -4.42. The van der Waals surface area contributed by atoms with Gasteiger partial charge in [-0.3, -0.25) is 10.2 Å². The summed E-state index contributed by atoms with van der Waals surface area (Å²) < 4.78 is 45.1. The van der Waals surface area contributed by atoms with E-state index in [-0.39, 0.29) is 11.6 Å².